The van der Waals surface area contributed by atoms with E-state index in [1.807, 2.05) is 43.2 Å². The van der Waals surface area contributed by atoms with Gasteiger partial charge in [0.15, 0.2) is 5.71 Å². The topological polar surface area (TPSA) is 301 Å². The Balaban J connectivity index is 1.54. The van der Waals surface area contributed by atoms with Gasteiger partial charge in [0.2, 0.25) is 5.69 Å². The molecule has 20 nitrogen and oxygen atoms in total. The number of fused-ring (bicyclic) bond motifs is 6. The average molecular weight is 1020 g/mol. The van der Waals surface area contributed by atoms with Crippen LogP contribution in [0.3, 0.4) is 0 Å². The number of allylic oxidation sites excluding steroid dienone is 4. The molecule has 2 heterocycles. The Morgan fingerprint density at radius 2 is 1.31 bits per heavy atom. The van der Waals surface area contributed by atoms with E-state index in [0.29, 0.717) is 80.6 Å². The van der Waals surface area contributed by atoms with Crippen molar-refractivity contribution in [2.75, 3.05) is 29.5 Å². The molecule has 4 aromatic rings. The van der Waals surface area contributed by atoms with Crippen molar-refractivity contribution in [2.24, 2.45) is 0 Å². The van der Waals surface area contributed by atoms with Gasteiger partial charge in [-0.25, -0.2) is 10.5 Å². The number of hydrogen-bond acceptors (Lipinski definition) is 17. The second kappa shape index (κ2) is 19.2. The summed E-state index contributed by atoms with van der Waals surface area (Å²) in [5, 5.41) is 26.7. The summed E-state index contributed by atoms with van der Waals surface area (Å²) in [5.41, 5.74) is 1.70. The fourth-order valence-electron chi connectivity index (χ4n) is 8.68. The molecular weight excluding hydrogens is 977 g/mol. The lowest BCUT2D eigenvalue weighted by molar-refractivity contribution is -0.438. The highest BCUT2D eigenvalue weighted by molar-refractivity contribution is 7.95. The first-order chi connectivity index (χ1) is 30.2. The van der Waals surface area contributed by atoms with Crippen LogP contribution in [0.15, 0.2) is 92.0 Å². The van der Waals surface area contributed by atoms with Crippen LogP contribution in [0.2, 0.25) is 0 Å². The summed E-state index contributed by atoms with van der Waals surface area (Å²) in [6.45, 7) is 7.93. The molecule has 6 rings (SSSR count). The van der Waals surface area contributed by atoms with Gasteiger partial charge in [-0.1, -0.05) is 36.1 Å². The van der Waals surface area contributed by atoms with Gasteiger partial charge in [-0.05, 0) is 91.9 Å². The van der Waals surface area contributed by atoms with E-state index >= 15 is 0 Å². The number of benzene rings is 4. The van der Waals surface area contributed by atoms with Gasteiger partial charge in [0.05, 0.1) is 45.9 Å². The lowest BCUT2D eigenvalue weighted by atomic mass is 9.78. The van der Waals surface area contributed by atoms with Crippen molar-refractivity contribution in [3.63, 3.8) is 0 Å². The van der Waals surface area contributed by atoms with Crippen molar-refractivity contribution in [3.05, 3.63) is 83.6 Å². The smallest absolute Gasteiger partial charge is 0.295 e. The number of rotatable bonds is 20. The van der Waals surface area contributed by atoms with Crippen LogP contribution in [0.25, 0.3) is 21.5 Å². The van der Waals surface area contributed by atoms with Crippen molar-refractivity contribution in [1.29, 1.82) is 0 Å². The van der Waals surface area contributed by atoms with Crippen LogP contribution in [0.1, 0.15) is 64.5 Å². The zero-order valence-electron chi connectivity index (χ0n) is 34.9. The van der Waals surface area contributed by atoms with Gasteiger partial charge in [-0.15, -0.1) is 8.67 Å². The minimum absolute atomic E-state index is 0.0813. The molecule has 0 fully saturated rings. The molecule has 2 aliphatic heterocycles. The molecule has 0 aliphatic carbocycles. The van der Waals surface area contributed by atoms with Crippen molar-refractivity contribution < 1.29 is 85.7 Å². The van der Waals surface area contributed by atoms with Crippen molar-refractivity contribution in [2.45, 2.75) is 83.8 Å². The van der Waals surface area contributed by atoms with E-state index in [1.54, 1.807) is 42.5 Å². The normalized spacial score (nSPS) is 17.0. The molecule has 0 atom stereocenters. The lowest BCUT2D eigenvalue weighted by Gasteiger charge is -2.27. The van der Waals surface area contributed by atoms with E-state index < -0.39 is 72.6 Å². The molecule has 0 spiro atoms. The van der Waals surface area contributed by atoms with Crippen LogP contribution in [-0.4, -0.2) is 97.3 Å². The summed E-state index contributed by atoms with van der Waals surface area (Å²) in [6, 6.07) is 11.9. The first-order valence-corrected chi connectivity index (χ1v) is 27.0. The van der Waals surface area contributed by atoms with Gasteiger partial charge >= 0.3 is 0 Å². The Labute approximate surface area is 383 Å². The summed E-state index contributed by atoms with van der Waals surface area (Å²) < 4.78 is 148. The molecule has 6 N–H and O–H groups in total. The minimum Gasteiger partial charge on any atom is -0.344 e. The molecule has 0 saturated heterocycles. The van der Waals surface area contributed by atoms with Crippen LogP contribution in [0, 0.1) is 0 Å². The highest BCUT2D eigenvalue weighted by atomic mass is 32.2. The van der Waals surface area contributed by atoms with Crippen molar-refractivity contribution in [3.8, 4) is 0 Å². The van der Waals surface area contributed by atoms with Gasteiger partial charge in [0.1, 0.15) is 11.4 Å². The Hall–Kier alpha value is -3.55. The number of nitrogens with zero attached hydrogens (tertiary/aromatic N) is 2. The quantitative estimate of drug-likeness (QED) is 0.0126. The third-order valence-electron chi connectivity index (χ3n) is 11.2. The maximum Gasteiger partial charge on any atom is 0.295 e. The molecule has 0 amide bonds. The van der Waals surface area contributed by atoms with E-state index in [4.69, 9.17) is 14.8 Å². The molecule has 2 aliphatic rings. The minimum atomic E-state index is -4.89. The third kappa shape index (κ3) is 11.1. The number of unbranched alkanes of at least 4 members (excludes halogenated alkanes) is 2. The van der Waals surface area contributed by atoms with Crippen LogP contribution in [0.4, 0.5) is 11.4 Å². The van der Waals surface area contributed by atoms with E-state index in [9.17, 15) is 51.9 Å². The zero-order valence-corrected chi connectivity index (χ0v) is 39.8. The first kappa shape index (κ1) is 50.9. The second-order valence-electron chi connectivity index (χ2n) is 16.2. The average Bonchev–Trinajstić information content (AvgIpc) is 3.55. The maximum absolute atomic E-state index is 13.0. The lowest BCUT2D eigenvalue weighted by Crippen LogP contribution is -2.29. The summed E-state index contributed by atoms with van der Waals surface area (Å²) in [5.74, 6) is -0.988. The highest BCUT2D eigenvalue weighted by Crippen LogP contribution is 2.53. The molecule has 0 radical (unpaired) electrons. The predicted octanol–water partition coefficient (Wildman–Crippen LogP) is 7.29. The molecule has 4 aromatic carbocycles. The fraction of sp³-hybridized carbons (Fsp3) is 0.359. The van der Waals surface area contributed by atoms with E-state index in [2.05, 4.69) is 14.4 Å². The van der Waals surface area contributed by atoms with Gasteiger partial charge in [0.25, 0.3) is 40.5 Å². The van der Waals surface area contributed by atoms with Gasteiger partial charge < -0.3 is 4.90 Å². The summed E-state index contributed by atoms with van der Waals surface area (Å²) in [6.07, 6.45) is 6.11. The van der Waals surface area contributed by atoms with Gasteiger partial charge in [-0.3, -0.25) is 18.2 Å². The largest absolute Gasteiger partial charge is 0.344 e. The summed E-state index contributed by atoms with van der Waals surface area (Å²) in [7, 11) is -18.1. The zero-order chi connectivity index (χ0) is 47.9. The van der Waals surface area contributed by atoms with E-state index in [-0.39, 0.29) is 47.5 Å². The summed E-state index contributed by atoms with van der Waals surface area (Å²) >= 11 is 0.990. The van der Waals surface area contributed by atoms with Gasteiger partial charge in [-0.2, -0.15) is 38.2 Å². The maximum atomic E-state index is 13.0. The Morgan fingerprint density at radius 1 is 0.692 bits per heavy atom. The van der Waals surface area contributed by atoms with Crippen LogP contribution < -0.4 is 4.90 Å². The highest BCUT2D eigenvalue weighted by Gasteiger charge is 2.47. The van der Waals surface area contributed by atoms with Gasteiger partial charge in [0, 0.05) is 68.0 Å². The van der Waals surface area contributed by atoms with E-state index in [0.717, 1.165) is 12.1 Å². The summed E-state index contributed by atoms with van der Waals surface area (Å²) in [4.78, 5) is 1.35. The molecule has 65 heavy (non-hydrogen) atoms. The number of anilines is 1. The second-order valence-corrected chi connectivity index (χ2v) is 23.7. The number of hydrogen-bond donors (Lipinski definition) is 6. The standard InChI is InChI=1S/C39H44N2O18S6/c1-38(2)32(40(16-5-7-18-62(44,45)46)28-15-13-25-21-27(64(50,51)52)23-30(61-59-57-43)34(25)36(28)38)10-9-11-33-39(3,4)37-29(41(33)17-6-8-19-63(47,48)49)14-12-24-20-26(60-58-56-42)22-31(35(24)37)65(53,54)55/h9-15,20-23H,5-8,16-19H2,1-4H3,(H5-,42,43,44,45,46,47,48,49,50,51,52,53,54,55)/p+1. The molecule has 354 valence electrons. The predicted molar refractivity (Wildman–Crippen MR) is 241 cm³/mol. The molecule has 26 heteroatoms. The SMILES string of the molecule is CC1(C)C(C=C/C=C2/N(CCCCS(=O)(=O)O)c3ccc4cc(S(=O)(=O)O)cc(SOOO)c4c3C2(C)C)=[N+](CCCCS(=O)(=O)O)c2ccc3cc(SOOO)cc(S(=O)(=O)O)c3c21. The molecular formula is C39H45N2O18S6+. The van der Waals surface area contributed by atoms with Crippen LogP contribution >= 0.6 is 24.1 Å². The molecule has 0 saturated carbocycles. The molecule has 0 unspecified atom stereocenters. The van der Waals surface area contributed by atoms with Crippen LogP contribution in [-0.2, 0) is 70.0 Å². The third-order valence-corrected chi connectivity index (χ3v) is 15.7. The molecule has 0 bridgehead atoms. The van der Waals surface area contributed by atoms with Crippen molar-refractivity contribution in [1.82, 2.24) is 0 Å². The monoisotopic (exact) mass is 1020 g/mol. The molecule has 0 aromatic heterocycles. The van der Waals surface area contributed by atoms with Crippen molar-refractivity contribution >= 4 is 103 Å². The van der Waals surface area contributed by atoms with E-state index in [1.165, 1.54) is 6.07 Å². The Kier molecular flexibility index (Phi) is 15.0. The fourth-order valence-corrected chi connectivity index (χ4v) is 12.3. The van der Waals surface area contributed by atoms with Crippen LogP contribution in [0.5, 0.6) is 0 Å². The first-order valence-electron chi connectivity index (χ1n) is 19.4. The Bertz CT molecular complexity index is 3090. The Morgan fingerprint density at radius 3 is 1.92 bits per heavy atom.